The van der Waals surface area contributed by atoms with Crippen molar-refractivity contribution in [1.29, 1.82) is 5.26 Å². The van der Waals surface area contributed by atoms with Crippen molar-refractivity contribution in [3.8, 4) is 17.9 Å². The first kappa shape index (κ1) is 7.83. The number of rotatable bonds is 0. The highest BCUT2D eigenvalue weighted by atomic mass is 14.7. The van der Waals surface area contributed by atoms with Crippen LogP contribution in [-0.4, -0.2) is 4.98 Å². The molecule has 1 aromatic rings. The molecule has 1 aliphatic rings. The van der Waals surface area contributed by atoms with Crippen LogP contribution in [0.2, 0.25) is 0 Å². The Balaban J connectivity index is 2.15. The van der Waals surface area contributed by atoms with Crippen LogP contribution in [0.3, 0.4) is 0 Å². The van der Waals surface area contributed by atoms with Gasteiger partial charge in [-0.25, -0.2) is 4.98 Å². The van der Waals surface area contributed by atoms with Crippen molar-refractivity contribution < 1.29 is 0 Å². The molecule has 13 heavy (non-hydrogen) atoms. The third-order valence-electron chi connectivity index (χ3n) is 1.87. The summed E-state index contributed by atoms with van der Waals surface area (Å²) in [5.41, 5.74) is 1.34. The second-order valence-electron chi connectivity index (χ2n) is 3.09. The summed E-state index contributed by atoms with van der Waals surface area (Å²) in [4.78, 5) is 4.05. The normalized spacial score (nSPS) is 14.1. The quantitative estimate of drug-likeness (QED) is 0.553. The molecule has 0 radical (unpaired) electrons. The van der Waals surface area contributed by atoms with Crippen molar-refractivity contribution in [2.24, 2.45) is 5.92 Å². The van der Waals surface area contributed by atoms with Gasteiger partial charge >= 0.3 is 0 Å². The largest absolute Gasteiger partial charge is 0.246 e. The van der Waals surface area contributed by atoms with Crippen LogP contribution >= 0.6 is 0 Å². The maximum atomic E-state index is 8.53. The lowest BCUT2D eigenvalue weighted by Gasteiger charge is -1.88. The fraction of sp³-hybridized carbons (Fsp3) is 0.273. The molecular weight excluding hydrogens is 160 g/mol. The molecule has 0 saturated heterocycles. The first-order chi connectivity index (χ1) is 6.38. The molecule has 0 aliphatic heterocycles. The van der Waals surface area contributed by atoms with Crippen LogP contribution in [0.1, 0.15) is 24.1 Å². The Labute approximate surface area is 77.2 Å². The topological polar surface area (TPSA) is 36.7 Å². The Morgan fingerprint density at radius 3 is 2.77 bits per heavy atom. The minimum atomic E-state index is 0.581. The minimum Gasteiger partial charge on any atom is -0.246 e. The Hall–Kier alpha value is -1.80. The van der Waals surface area contributed by atoms with Gasteiger partial charge in [0.25, 0.3) is 0 Å². The average molecular weight is 168 g/mol. The zero-order valence-corrected chi connectivity index (χ0v) is 7.12. The Morgan fingerprint density at radius 2 is 2.23 bits per heavy atom. The first-order valence-corrected chi connectivity index (χ1v) is 4.26. The summed E-state index contributed by atoms with van der Waals surface area (Å²) in [6.45, 7) is 0. The van der Waals surface area contributed by atoms with E-state index in [2.05, 4.69) is 16.8 Å². The van der Waals surface area contributed by atoms with Crippen LogP contribution in [0.4, 0.5) is 0 Å². The van der Waals surface area contributed by atoms with Crippen LogP contribution in [-0.2, 0) is 0 Å². The molecule has 1 fully saturated rings. The Kier molecular flexibility index (Phi) is 1.98. The average Bonchev–Trinajstić information content (AvgIpc) is 2.99. The summed E-state index contributed by atoms with van der Waals surface area (Å²) < 4.78 is 0. The minimum absolute atomic E-state index is 0.581. The van der Waals surface area contributed by atoms with Gasteiger partial charge in [-0.1, -0.05) is 5.92 Å². The van der Waals surface area contributed by atoms with Crippen LogP contribution in [0, 0.1) is 29.1 Å². The summed E-state index contributed by atoms with van der Waals surface area (Å²) >= 11 is 0. The maximum Gasteiger partial charge on any atom is 0.113 e. The highest BCUT2D eigenvalue weighted by molar-refractivity contribution is 5.34. The summed E-state index contributed by atoms with van der Waals surface area (Å²) in [7, 11) is 0. The summed E-state index contributed by atoms with van der Waals surface area (Å²) in [6.07, 6.45) is 4.00. The van der Waals surface area contributed by atoms with Gasteiger partial charge in [-0.3, -0.25) is 0 Å². The number of nitrogens with zero attached hydrogens (tertiary/aromatic N) is 2. The van der Waals surface area contributed by atoms with Gasteiger partial charge < -0.3 is 0 Å². The fourth-order valence-electron chi connectivity index (χ4n) is 0.938. The predicted octanol–water partition coefficient (Wildman–Crippen LogP) is 1.71. The molecule has 2 heteroatoms. The standard InChI is InChI=1S/C11H8N2/c12-7-10-4-6-11(13-8-10)5-3-9-1-2-9/h4,6,8-9H,1-2H2. The molecule has 1 heterocycles. The number of pyridine rings is 1. The van der Waals surface area contributed by atoms with Gasteiger partial charge in [0.2, 0.25) is 0 Å². The zero-order chi connectivity index (χ0) is 9.10. The maximum absolute atomic E-state index is 8.53. The molecule has 1 saturated carbocycles. The highest BCUT2D eigenvalue weighted by Crippen LogP contribution is 2.27. The molecule has 0 bridgehead atoms. The van der Waals surface area contributed by atoms with E-state index in [1.54, 1.807) is 18.3 Å². The molecule has 0 amide bonds. The van der Waals surface area contributed by atoms with Crippen molar-refractivity contribution >= 4 is 0 Å². The molecule has 2 rings (SSSR count). The van der Waals surface area contributed by atoms with Gasteiger partial charge in [-0.15, -0.1) is 0 Å². The molecule has 0 N–H and O–H groups in total. The van der Waals surface area contributed by atoms with Gasteiger partial charge in [0.05, 0.1) is 5.56 Å². The van der Waals surface area contributed by atoms with Gasteiger partial charge in [0, 0.05) is 12.1 Å². The Morgan fingerprint density at radius 1 is 1.38 bits per heavy atom. The van der Waals surface area contributed by atoms with Gasteiger partial charge in [0.1, 0.15) is 11.8 Å². The number of aromatic nitrogens is 1. The monoisotopic (exact) mass is 168 g/mol. The van der Waals surface area contributed by atoms with Gasteiger partial charge in [-0.2, -0.15) is 5.26 Å². The van der Waals surface area contributed by atoms with E-state index in [1.807, 2.05) is 6.07 Å². The van der Waals surface area contributed by atoms with Crippen molar-refractivity contribution in [3.05, 3.63) is 29.6 Å². The fourth-order valence-corrected chi connectivity index (χ4v) is 0.938. The van der Waals surface area contributed by atoms with E-state index in [1.165, 1.54) is 12.8 Å². The summed E-state index contributed by atoms with van der Waals surface area (Å²) in [6, 6.07) is 5.55. The molecule has 0 unspecified atom stereocenters. The lowest BCUT2D eigenvalue weighted by atomic mass is 10.2. The van der Waals surface area contributed by atoms with Crippen molar-refractivity contribution in [2.45, 2.75) is 12.8 Å². The number of nitriles is 1. The second kappa shape index (κ2) is 3.29. The van der Waals surface area contributed by atoms with E-state index < -0.39 is 0 Å². The summed E-state index contributed by atoms with van der Waals surface area (Å²) in [5.74, 6) is 6.70. The van der Waals surface area contributed by atoms with Crippen LogP contribution in [0.25, 0.3) is 0 Å². The Bertz CT molecular complexity index is 396. The van der Waals surface area contributed by atoms with Crippen molar-refractivity contribution in [3.63, 3.8) is 0 Å². The highest BCUT2D eigenvalue weighted by Gasteiger charge is 2.17. The van der Waals surface area contributed by atoms with E-state index in [0.29, 0.717) is 11.5 Å². The van der Waals surface area contributed by atoms with Crippen LogP contribution < -0.4 is 0 Å². The van der Waals surface area contributed by atoms with Gasteiger partial charge in [0.15, 0.2) is 0 Å². The number of hydrogen-bond acceptors (Lipinski definition) is 2. The van der Waals surface area contributed by atoms with E-state index in [-0.39, 0.29) is 0 Å². The second-order valence-corrected chi connectivity index (χ2v) is 3.09. The lowest BCUT2D eigenvalue weighted by Crippen LogP contribution is -1.83. The lowest BCUT2D eigenvalue weighted by molar-refractivity contribution is 1.17. The predicted molar refractivity (Wildman–Crippen MR) is 48.6 cm³/mol. The van der Waals surface area contributed by atoms with E-state index in [4.69, 9.17) is 5.26 Å². The molecule has 2 nitrogen and oxygen atoms in total. The third kappa shape index (κ3) is 2.07. The zero-order valence-electron chi connectivity index (χ0n) is 7.12. The van der Waals surface area contributed by atoms with Crippen molar-refractivity contribution in [1.82, 2.24) is 4.98 Å². The molecule has 0 aromatic carbocycles. The van der Waals surface area contributed by atoms with Gasteiger partial charge in [-0.05, 0) is 30.9 Å². The van der Waals surface area contributed by atoms with E-state index in [9.17, 15) is 0 Å². The molecular formula is C11H8N2. The van der Waals surface area contributed by atoms with E-state index >= 15 is 0 Å². The van der Waals surface area contributed by atoms with Crippen LogP contribution in [0.5, 0.6) is 0 Å². The van der Waals surface area contributed by atoms with Crippen molar-refractivity contribution in [2.75, 3.05) is 0 Å². The smallest absolute Gasteiger partial charge is 0.113 e. The molecule has 1 aliphatic carbocycles. The molecule has 0 atom stereocenters. The number of hydrogen-bond donors (Lipinski definition) is 0. The molecule has 1 aromatic heterocycles. The van der Waals surface area contributed by atoms with E-state index in [0.717, 1.165) is 5.69 Å². The molecule has 0 spiro atoms. The SMILES string of the molecule is N#Cc1ccc(C#CC2CC2)nc1. The third-order valence-corrected chi connectivity index (χ3v) is 1.87. The van der Waals surface area contributed by atoms with Crippen LogP contribution in [0.15, 0.2) is 18.3 Å². The molecule has 62 valence electrons. The first-order valence-electron chi connectivity index (χ1n) is 4.26. The summed E-state index contributed by atoms with van der Waals surface area (Å²) in [5, 5.41) is 8.53.